The summed E-state index contributed by atoms with van der Waals surface area (Å²) in [6, 6.07) is 21.5. The number of anilines is 1. The molecular formula is C29H29N5O4S. The maximum Gasteiger partial charge on any atom is 0.296 e. The number of benzene rings is 4. The van der Waals surface area contributed by atoms with Crippen LogP contribution in [0.4, 0.5) is 22.7 Å². The van der Waals surface area contributed by atoms with E-state index in [4.69, 9.17) is 0 Å². The molecule has 0 spiro atoms. The molecule has 0 aliphatic rings. The third kappa shape index (κ3) is 6.36. The van der Waals surface area contributed by atoms with Crippen LogP contribution in [-0.4, -0.2) is 41.3 Å². The number of fused-ring (bicyclic) bond motifs is 1. The van der Waals surface area contributed by atoms with E-state index in [1.807, 2.05) is 85.6 Å². The van der Waals surface area contributed by atoms with Crippen LogP contribution in [0.25, 0.3) is 22.9 Å². The third-order valence-electron chi connectivity index (χ3n) is 6.15. The van der Waals surface area contributed by atoms with E-state index in [9.17, 15) is 13.5 Å². The molecule has 4 aromatic rings. The maximum atomic E-state index is 12.2. The number of phenolic OH excluding ortho intramolecular Hbond substituents is 1. The first kappa shape index (κ1) is 27.6. The Labute approximate surface area is 227 Å². The summed E-state index contributed by atoms with van der Waals surface area (Å²) in [5.74, 6) is -0.227. The Morgan fingerprint density at radius 3 is 2.00 bits per heavy atom. The quantitative estimate of drug-likeness (QED) is 0.132. The van der Waals surface area contributed by atoms with Gasteiger partial charge in [-0.1, -0.05) is 42.5 Å². The van der Waals surface area contributed by atoms with Crippen LogP contribution in [0.5, 0.6) is 5.75 Å². The molecule has 0 aliphatic carbocycles. The summed E-state index contributed by atoms with van der Waals surface area (Å²) >= 11 is 0. The molecule has 0 radical (unpaired) electrons. The number of rotatable bonds is 9. The molecular weight excluding hydrogens is 514 g/mol. The summed E-state index contributed by atoms with van der Waals surface area (Å²) in [5, 5.41) is 28.4. The van der Waals surface area contributed by atoms with Gasteiger partial charge < -0.3 is 10.0 Å². The largest absolute Gasteiger partial charge is 0.507 e. The topological polar surface area (TPSA) is 116 Å². The molecule has 0 aliphatic heterocycles. The van der Waals surface area contributed by atoms with Crippen molar-refractivity contribution < 1.29 is 17.7 Å². The third-order valence-corrected chi connectivity index (χ3v) is 7.40. The predicted molar refractivity (Wildman–Crippen MR) is 155 cm³/mol. The molecule has 0 bridgehead atoms. The molecule has 0 saturated carbocycles. The van der Waals surface area contributed by atoms with Crippen molar-refractivity contribution in [2.24, 2.45) is 20.5 Å². The average molecular weight is 544 g/mol. The minimum Gasteiger partial charge on any atom is -0.507 e. The van der Waals surface area contributed by atoms with Gasteiger partial charge in [-0.25, -0.2) is 0 Å². The van der Waals surface area contributed by atoms with Crippen molar-refractivity contribution >= 4 is 55.8 Å². The van der Waals surface area contributed by atoms with Crippen LogP contribution < -0.4 is 4.90 Å². The second-order valence-corrected chi connectivity index (χ2v) is 10.3. The van der Waals surface area contributed by atoms with Crippen LogP contribution in [0.2, 0.25) is 0 Å². The maximum absolute atomic E-state index is 12.2. The molecule has 39 heavy (non-hydrogen) atoms. The number of hydrogen-bond acceptors (Lipinski definition) is 9. The van der Waals surface area contributed by atoms with E-state index in [1.165, 1.54) is 12.1 Å². The van der Waals surface area contributed by atoms with Gasteiger partial charge in [-0.2, -0.15) is 23.8 Å². The molecule has 0 fully saturated rings. The number of hydrogen-bond donors (Lipinski definition) is 1. The van der Waals surface area contributed by atoms with Crippen LogP contribution in [0.1, 0.15) is 18.1 Å². The first-order valence-electron chi connectivity index (χ1n) is 12.2. The monoisotopic (exact) mass is 543 g/mol. The highest BCUT2D eigenvalue weighted by atomic mass is 32.2. The van der Waals surface area contributed by atoms with Gasteiger partial charge in [-0.3, -0.25) is 4.18 Å². The summed E-state index contributed by atoms with van der Waals surface area (Å²) in [7, 11) is 0.642. The summed E-state index contributed by atoms with van der Waals surface area (Å²) in [4.78, 5) is 1.83. The number of aromatic hydroxyl groups is 1. The number of phenols is 1. The van der Waals surface area contributed by atoms with Gasteiger partial charge in [0.05, 0.1) is 34.5 Å². The molecule has 200 valence electrons. The Hall–Kier alpha value is -4.41. The SMILES string of the molecule is CCN(C)c1ccc2cc(S(=O)(=O)OC)cc(O)c2c1N=Nc1ccc(C=Cc2ccc(N=NC)cc2)cc1. The lowest BCUT2D eigenvalue weighted by molar-refractivity contribution is 0.397. The van der Waals surface area contributed by atoms with E-state index in [-0.39, 0.29) is 10.6 Å². The molecule has 0 atom stereocenters. The fourth-order valence-corrected chi connectivity index (χ4v) is 4.65. The van der Waals surface area contributed by atoms with Gasteiger partial charge >= 0.3 is 0 Å². The van der Waals surface area contributed by atoms with Crippen molar-refractivity contribution in [2.45, 2.75) is 11.8 Å². The van der Waals surface area contributed by atoms with Crippen LogP contribution in [0.15, 0.2) is 98.1 Å². The molecule has 0 heterocycles. The van der Waals surface area contributed by atoms with Crippen LogP contribution in [-0.2, 0) is 14.3 Å². The van der Waals surface area contributed by atoms with E-state index < -0.39 is 10.1 Å². The Balaban J connectivity index is 1.65. The molecule has 4 aromatic carbocycles. The standard InChI is InChI=1S/C29H29N5O4S/c1-5-34(3)26-17-12-22-18-25(39(36,37)38-4)19-27(35)28(22)29(26)33-32-24-15-10-21(11-16-24)7-6-20-8-13-23(14-9-20)31-30-2/h6-19,35H,5H2,1-4H3. The zero-order valence-corrected chi connectivity index (χ0v) is 22.9. The van der Waals surface area contributed by atoms with Gasteiger partial charge in [0.25, 0.3) is 10.1 Å². The molecule has 1 N–H and O–H groups in total. The van der Waals surface area contributed by atoms with Crippen molar-refractivity contribution in [3.05, 3.63) is 83.9 Å². The van der Waals surface area contributed by atoms with Crippen LogP contribution >= 0.6 is 0 Å². The van der Waals surface area contributed by atoms with Gasteiger partial charge in [-0.15, -0.1) is 5.11 Å². The van der Waals surface area contributed by atoms with Gasteiger partial charge in [0.15, 0.2) is 0 Å². The Morgan fingerprint density at radius 2 is 1.46 bits per heavy atom. The lowest BCUT2D eigenvalue weighted by atomic mass is 10.1. The summed E-state index contributed by atoms with van der Waals surface area (Å²) in [6.07, 6.45) is 4.01. The molecule has 4 rings (SSSR count). The van der Waals surface area contributed by atoms with Gasteiger partial charge in [-0.05, 0) is 59.8 Å². The van der Waals surface area contributed by atoms with Gasteiger partial charge in [0.2, 0.25) is 0 Å². The van der Waals surface area contributed by atoms with Gasteiger partial charge in [0, 0.05) is 26.7 Å². The van der Waals surface area contributed by atoms with E-state index >= 15 is 0 Å². The van der Waals surface area contributed by atoms with Crippen molar-refractivity contribution in [3.8, 4) is 5.75 Å². The molecule has 0 aromatic heterocycles. The van der Waals surface area contributed by atoms with Crippen molar-refractivity contribution in [1.82, 2.24) is 0 Å². The van der Waals surface area contributed by atoms with E-state index in [0.717, 1.165) is 29.6 Å². The highest BCUT2D eigenvalue weighted by Gasteiger charge is 2.20. The van der Waals surface area contributed by atoms with E-state index in [2.05, 4.69) is 24.6 Å². The fraction of sp³-hybridized carbons (Fsp3) is 0.172. The molecule has 0 unspecified atom stereocenters. The van der Waals surface area contributed by atoms with Crippen LogP contribution in [0.3, 0.4) is 0 Å². The lowest BCUT2D eigenvalue weighted by Gasteiger charge is -2.20. The smallest absolute Gasteiger partial charge is 0.296 e. The normalized spacial score (nSPS) is 12.3. The first-order chi connectivity index (χ1) is 18.7. The fourth-order valence-electron chi connectivity index (χ4n) is 3.93. The number of nitrogens with zero attached hydrogens (tertiary/aromatic N) is 5. The van der Waals surface area contributed by atoms with Crippen LogP contribution in [0, 0.1) is 0 Å². The summed E-state index contributed by atoms with van der Waals surface area (Å²) in [6.45, 7) is 2.69. The Bertz CT molecular complexity index is 1660. The Morgan fingerprint density at radius 1 is 0.872 bits per heavy atom. The zero-order chi connectivity index (χ0) is 28.0. The highest BCUT2D eigenvalue weighted by Crippen LogP contribution is 2.42. The lowest BCUT2D eigenvalue weighted by Crippen LogP contribution is -2.15. The second-order valence-electron chi connectivity index (χ2n) is 8.63. The van der Waals surface area contributed by atoms with Gasteiger partial charge in [0.1, 0.15) is 11.4 Å². The first-order valence-corrected chi connectivity index (χ1v) is 13.6. The average Bonchev–Trinajstić information content (AvgIpc) is 2.95. The summed E-state index contributed by atoms with van der Waals surface area (Å²) in [5.41, 5.74) is 4.65. The van der Waals surface area contributed by atoms with Crippen molar-refractivity contribution in [1.29, 1.82) is 0 Å². The van der Waals surface area contributed by atoms with E-state index in [1.54, 1.807) is 13.1 Å². The highest BCUT2D eigenvalue weighted by molar-refractivity contribution is 7.86. The summed E-state index contributed by atoms with van der Waals surface area (Å²) < 4.78 is 29.0. The molecule has 9 nitrogen and oxygen atoms in total. The van der Waals surface area contributed by atoms with Crippen molar-refractivity contribution in [3.63, 3.8) is 0 Å². The Kier molecular flexibility index (Phi) is 8.48. The number of azo groups is 2. The minimum absolute atomic E-state index is 0.138. The minimum atomic E-state index is -3.98. The molecule has 0 amide bonds. The molecule has 0 saturated heterocycles. The van der Waals surface area contributed by atoms with Crippen molar-refractivity contribution in [2.75, 3.05) is 32.6 Å². The van der Waals surface area contributed by atoms with E-state index in [0.29, 0.717) is 28.7 Å². The molecule has 10 heteroatoms. The zero-order valence-electron chi connectivity index (χ0n) is 22.1. The predicted octanol–water partition coefficient (Wildman–Crippen LogP) is 7.64. The second kappa shape index (κ2) is 12.0.